The quantitative estimate of drug-likeness (QED) is 0.235. The van der Waals surface area contributed by atoms with Crippen LogP contribution in [0.4, 0.5) is 0 Å². The summed E-state index contributed by atoms with van der Waals surface area (Å²) in [5.41, 5.74) is 1.05. The van der Waals surface area contributed by atoms with E-state index in [1.165, 1.54) is 31.9 Å². The Morgan fingerprint density at radius 2 is 1.88 bits per heavy atom. The fourth-order valence-corrected chi connectivity index (χ4v) is 4.68. The zero-order valence-electron chi connectivity index (χ0n) is 23.4. The van der Waals surface area contributed by atoms with Crippen molar-refractivity contribution in [2.75, 3.05) is 34.2 Å². The summed E-state index contributed by atoms with van der Waals surface area (Å²) in [6.45, 7) is 3.39. The lowest BCUT2D eigenvalue weighted by molar-refractivity contribution is -0.161. The van der Waals surface area contributed by atoms with Crippen molar-refractivity contribution in [3.05, 3.63) is 53.9 Å². The minimum atomic E-state index is -0.917. The third kappa shape index (κ3) is 8.92. The number of cyclic esters (lactones) is 1. The van der Waals surface area contributed by atoms with E-state index in [2.05, 4.69) is 22.4 Å². The number of aromatic nitrogens is 1. The smallest absolute Gasteiger partial charge is 0.329 e. The number of hydrogen-bond acceptors (Lipinski definition) is 10. The Morgan fingerprint density at radius 1 is 1.10 bits per heavy atom. The molecule has 0 radical (unpaired) electrons. The van der Waals surface area contributed by atoms with Gasteiger partial charge in [0.2, 0.25) is 6.79 Å². The van der Waals surface area contributed by atoms with Crippen molar-refractivity contribution < 1.29 is 42.8 Å². The normalized spacial score (nSPS) is 21.2. The molecule has 1 aliphatic heterocycles. The molecule has 1 saturated heterocycles. The molecule has 11 nitrogen and oxygen atoms in total. The lowest BCUT2D eigenvalue weighted by Crippen LogP contribution is -2.45. The first-order valence-corrected chi connectivity index (χ1v) is 13.3. The Bertz CT molecular complexity index is 1110. The van der Waals surface area contributed by atoms with Crippen molar-refractivity contribution in [1.29, 1.82) is 0 Å². The van der Waals surface area contributed by atoms with E-state index in [0.717, 1.165) is 12.8 Å². The van der Waals surface area contributed by atoms with Gasteiger partial charge >= 0.3 is 11.9 Å². The van der Waals surface area contributed by atoms with Gasteiger partial charge < -0.3 is 33.7 Å². The fourth-order valence-electron chi connectivity index (χ4n) is 4.68. The molecular weight excluding hydrogens is 520 g/mol. The minimum Gasteiger partial charge on any atom is -0.493 e. The SMILES string of the molecule is COCCO[C@@H]1[C@@H](Cc2ccccc2)CCC[C@H](NC(=O)c2nccc(OC)c2OCOC(C)=O)C(=O)O[C@H]1C. The summed E-state index contributed by atoms with van der Waals surface area (Å²) < 4.78 is 32.8. The molecule has 40 heavy (non-hydrogen) atoms. The molecule has 3 rings (SSSR count). The maximum Gasteiger partial charge on any atom is 0.329 e. The Balaban J connectivity index is 1.77. The van der Waals surface area contributed by atoms with Crippen molar-refractivity contribution in [2.45, 2.75) is 57.8 Å². The highest BCUT2D eigenvalue weighted by molar-refractivity contribution is 5.98. The topological polar surface area (TPSA) is 132 Å². The number of rotatable bonds is 12. The lowest BCUT2D eigenvalue weighted by atomic mass is 9.87. The molecule has 1 N–H and O–H groups in total. The van der Waals surface area contributed by atoms with Crippen LogP contribution in [0, 0.1) is 5.92 Å². The summed E-state index contributed by atoms with van der Waals surface area (Å²) in [7, 11) is 3.01. The monoisotopic (exact) mass is 558 g/mol. The molecule has 11 heteroatoms. The van der Waals surface area contributed by atoms with Crippen molar-refractivity contribution >= 4 is 17.8 Å². The molecule has 2 aromatic rings. The zero-order chi connectivity index (χ0) is 28.9. The molecule has 218 valence electrons. The first-order chi connectivity index (χ1) is 19.3. The number of carbonyl (C=O) groups excluding carboxylic acids is 3. The summed E-state index contributed by atoms with van der Waals surface area (Å²) in [4.78, 5) is 41.8. The second-order valence-electron chi connectivity index (χ2n) is 9.47. The van der Waals surface area contributed by atoms with Crippen LogP contribution in [0.1, 0.15) is 49.2 Å². The maximum absolute atomic E-state index is 13.3. The van der Waals surface area contributed by atoms with E-state index < -0.39 is 36.8 Å². The summed E-state index contributed by atoms with van der Waals surface area (Å²) in [6.07, 6.45) is 2.99. The second kappa shape index (κ2) is 15.8. The predicted octanol–water partition coefficient (Wildman–Crippen LogP) is 3.09. The number of nitrogens with one attached hydrogen (secondary N) is 1. The van der Waals surface area contributed by atoms with Gasteiger partial charge in [0, 0.05) is 26.3 Å². The number of esters is 2. The van der Waals surface area contributed by atoms with Crippen molar-refractivity contribution in [2.24, 2.45) is 5.92 Å². The molecule has 0 spiro atoms. The number of methoxy groups -OCH3 is 2. The van der Waals surface area contributed by atoms with Gasteiger partial charge in [0.1, 0.15) is 12.1 Å². The van der Waals surface area contributed by atoms with Gasteiger partial charge in [0.25, 0.3) is 5.91 Å². The average molecular weight is 559 g/mol. The average Bonchev–Trinajstić information content (AvgIpc) is 2.98. The van der Waals surface area contributed by atoms with E-state index >= 15 is 0 Å². The largest absolute Gasteiger partial charge is 0.493 e. The van der Waals surface area contributed by atoms with Crippen LogP contribution in [0.2, 0.25) is 0 Å². The second-order valence-corrected chi connectivity index (χ2v) is 9.47. The third-order valence-electron chi connectivity index (χ3n) is 6.59. The summed E-state index contributed by atoms with van der Waals surface area (Å²) in [5.74, 6) is -1.48. The Labute approximate surface area is 234 Å². The van der Waals surface area contributed by atoms with E-state index in [1.54, 1.807) is 7.11 Å². The van der Waals surface area contributed by atoms with Crippen LogP contribution in [0.5, 0.6) is 11.5 Å². The van der Waals surface area contributed by atoms with E-state index in [0.29, 0.717) is 26.1 Å². The first-order valence-electron chi connectivity index (χ1n) is 13.3. The van der Waals surface area contributed by atoms with Gasteiger partial charge in [-0.25, -0.2) is 9.78 Å². The van der Waals surface area contributed by atoms with Crippen LogP contribution >= 0.6 is 0 Å². The number of ether oxygens (including phenoxy) is 6. The van der Waals surface area contributed by atoms with Gasteiger partial charge in [0.05, 0.1) is 26.4 Å². The fraction of sp³-hybridized carbons (Fsp3) is 0.517. The van der Waals surface area contributed by atoms with Crippen LogP contribution in [-0.4, -0.2) is 75.3 Å². The van der Waals surface area contributed by atoms with Gasteiger partial charge in [-0.1, -0.05) is 36.8 Å². The number of nitrogens with zero attached hydrogens (tertiary/aromatic N) is 1. The third-order valence-corrected chi connectivity index (χ3v) is 6.59. The van der Waals surface area contributed by atoms with Crippen LogP contribution in [0.3, 0.4) is 0 Å². The molecule has 0 unspecified atom stereocenters. The summed E-state index contributed by atoms with van der Waals surface area (Å²) in [6, 6.07) is 10.7. The molecule has 2 heterocycles. The highest BCUT2D eigenvalue weighted by Crippen LogP contribution is 2.31. The molecule has 1 amide bonds. The number of benzene rings is 1. The molecule has 4 atom stereocenters. The van der Waals surface area contributed by atoms with Crippen LogP contribution in [-0.2, 0) is 35.0 Å². The predicted molar refractivity (Wildman–Crippen MR) is 144 cm³/mol. The summed E-state index contributed by atoms with van der Waals surface area (Å²) >= 11 is 0. The van der Waals surface area contributed by atoms with Crippen LogP contribution in [0.25, 0.3) is 0 Å². The van der Waals surface area contributed by atoms with Crippen molar-refractivity contribution in [3.63, 3.8) is 0 Å². The van der Waals surface area contributed by atoms with Gasteiger partial charge in [-0.3, -0.25) is 9.59 Å². The number of pyridine rings is 1. The molecular formula is C29H38N2O9. The Morgan fingerprint density at radius 3 is 2.58 bits per heavy atom. The number of amides is 1. The van der Waals surface area contributed by atoms with Gasteiger partial charge in [-0.05, 0) is 37.7 Å². The number of hydrogen-bond donors (Lipinski definition) is 1. The summed E-state index contributed by atoms with van der Waals surface area (Å²) in [5, 5.41) is 2.74. The highest BCUT2D eigenvalue weighted by Gasteiger charge is 2.35. The lowest BCUT2D eigenvalue weighted by Gasteiger charge is -2.31. The van der Waals surface area contributed by atoms with Gasteiger partial charge in [-0.15, -0.1) is 0 Å². The van der Waals surface area contributed by atoms with Crippen molar-refractivity contribution in [3.8, 4) is 11.5 Å². The molecule has 0 bridgehead atoms. The van der Waals surface area contributed by atoms with E-state index in [9.17, 15) is 14.4 Å². The van der Waals surface area contributed by atoms with E-state index in [4.69, 9.17) is 28.4 Å². The van der Waals surface area contributed by atoms with E-state index in [-0.39, 0.29) is 29.2 Å². The number of carbonyl (C=O) groups is 3. The van der Waals surface area contributed by atoms with Crippen LogP contribution < -0.4 is 14.8 Å². The molecule has 1 aliphatic rings. The minimum absolute atomic E-state index is 0.0110. The van der Waals surface area contributed by atoms with Gasteiger partial charge in [0.15, 0.2) is 17.2 Å². The van der Waals surface area contributed by atoms with Gasteiger partial charge in [-0.2, -0.15) is 0 Å². The van der Waals surface area contributed by atoms with Crippen LogP contribution in [0.15, 0.2) is 42.6 Å². The molecule has 1 fully saturated rings. The Hall–Kier alpha value is -3.70. The zero-order valence-corrected chi connectivity index (χ0v) is 23.4. The molecule has 0 saturated carbocycles. The molecule has 1 aromatic heterocycles. The van der Waals surface area contributed by atoms with E-state index in [1.807, 2.05) is 25.1 Å². The Kier molecular flexibility index (Phi) is 12.2. The molecule has 1 aromatic carbocycles. The first kappa shape index (κ1) is 30.8. The maximum atomic E-state index is 13.3. The molecule has 0 aliphatic carbocycles. The van der Waals surface area contributed by atoms with Crippen molar-refractivity contribution in [1.82, 2.24) is 10.3 Å². The highest BCUT2D eigenvalue weighted by atomic mass is 16.7. The standard InChI is InChI=1S/C29H38N2O9/c1-19-26(37-16-15-35-3)22(17-21-9-6-5-7-10-21)11-8-12-23(29(34)40-19)31-28(33)25-27(39-18-38-20(2)32)24(36-4)13-14-30-25/h5-7,9-10,13-14,19,22-23,26H,8,11-12,15-18H2,1-4H3,(H,31,33)/t19-,22+,23-,26-/m0/s1.